The molecule has 2 N–H and O–H groups in total. The fourth-order valence-corrected chi connectivity index (χ4v) is 5.12. The molecule has 5 rings (SSSR count). The Balaban J connectivity index is 1.42. The minimum absolute atomic E-state index is 0.0180. The molecule has 30 heavy (non-hydrogen) atoms. The summed E-state index contributed by atoms with van der Waals surface area (Å²) in [4.78, 5) is 5.00. The highest BCUT2D eigenvalue weighted by Crippen LogP contribution is 2.46. The Morgan fingerprint density at radius 1 is 0.900 bits per heavy atom. The van der Waals surface area contributed by atoms with Crippen molar-refractivity contribution in [3.05, 3.63) is 53.1 Å². The summed E-state index contributed by atoms with van der Waals surface area (Å²) in [6.45, 7) is 13.9. The lowest BCUT2D eigenvalue weighted by Crippen LogP contribution is -2.42. The molecule has 2 aromatic carbocycles. The Hall–Kier alpha value is -2.08. The molecule has 0 radical (unpaired) electrons. The van der Waals surface area contributed by atoms with E-state index in [9.17, 15) is 0 Å². The SMILES string of the molecule is CC1(C)c2ccc(N3CCCOCC3)cc2Nc2ccc(CN3CCNCC3)cc21. The van der Waals surface area contributed by atoms with Gasteiger partial charge in [-0.25, -0.2) is 0 Å². The molecule has 0 saturated carbocycles. The zero-order valence-electron chi connectivity index (χ0n) is 18.3. The summed E-state index contributed by atoms with van der Waals surface area (Å²) in [5, 5.41) is 7.18. The number of anilines is 3. The standard InChI is InChI=1S/C25H34N4O/c1-25(2)21-6-5-20(29-10-3-14-30-15-13-29)17-24(21)27-23-7-4-19(16-22(23)25)18-28-11-8-26-9-12-28/h4-7,16-17,26-27H,3,8-15,18H2,1-2H3. The van der Waals surface area contributed by atoms with E-state index in [0.717, 1.165) is 65.4 Å². The molecule has 0 aliphatic carbocycles. The molecule has 2 fully saturated rings. The minimum atomic E-state index is -0.0180. The van der Waals surface area contributed by atoms with Gasteiger partial charge in [0.05, 0.1) is 6.61 Å². The summed E-state index contributed by atoms with van der Waals surface area (Å²) in [6.07, 6.45) is 1.09. The van der Waals surface area contributed by atoms with Crippen molar-refractivity contribution in [3.8, 4) is 0 Å². The molecule has 0 unspecified atom stereocenters. The normalized spacial score (nSPS) is 21.3. The van der Waals surface area contributed by atoms with Crippen LogP contribution >= 0.6 is 0 Å². The van der Waals surface area contributed by atoms with E-state index in [2.05, 4.69) is 70.7 Å². The second kappa shape index (κ2) is 8.22. The largest absolute Gasteiger partial charge is 0.380 e. The molecule has 3 aliphatic heterocycles. The van der Waals surface area contributed by atoms with Crippen LogP contribution in [0.15, 0.2) is 36.4 Å². The van der Waals surface area contributed by atoms with Crippen LogP contribution in [0.3, 0.4) is 0 Å². The van der Waals surface area contributed by atoms with Gasteiger partial charge in [-0.05, 0) is 41.3 Å². The van der Waals surface area contributed by atoms with Crippen LogP contribution in [0.4, 0.5) is 17.1 Å². The van der Waals surface area contributed by atoms with E-state index in [0.29, 0.717) is 0 Å². The van der Waals surface area contributed by atoms with E-state index < -0.39 is 0 Å². The number of rotatable bonds is 3. The average molecular weight is 407 g/mol. The number of benzene rings is 2. The maximum atomic E-state index is 5.64. The van der Waals surface area contributed by atoms with Gasteiger partial charge in [0.25, 0.3) is 0 Å². The number of fused-ring (bicyclic) bond motifs is 2. The lowest BCUT2D eigenvalue weighted by atomic mass is 9.74. The summed E-state index contributed by atoms with van der Waals surface area (Å²) in [7, 11) is 0. The van der Waals surface area contributed by atoms with Gasteiger partial charge in [-0.2, -0.15) is 0 Å². The molecular formula is C25H34N4O. The first-order chi connectivity index (χ1) is 14.6. The Morgan fingerprint density at radius 2 is 1.77 bits per heavy atom. The summed E-state index contributed by atoms with van der Waals surface area (Å²) in [5.41, 5.74) is 7.95. The number of nitrogens with one attached hydrogen (secondary N) is 2. The first kappa shape index (κ1) is 19.9. The molecular weight excluding hydrogens is 372 g/mol. The first-order valence-corrected chi connectivity index (χ1v) is 11.4. The number of ether oxygens (including phenoxy) is 1. The van der Waals surface area contributed by atoms with Gasteiger partial charge in [-0.1, -0.05) is 32.0 Å². The minimum Gasteiger partial charge on any atom is -0.380 e. The van der Waals surface area contributed by atoms with Crippen LogP contribution < -0.4 is 15.5 Å². The van der Waals surface area contributed by atoms with Crippen LogP contribution in [-0.4, -0.2) is 57.4 Å². The third kappa shape index (κ3) is 3.82. The van der Waals surface area contributed by atoms with E-state index in [1.807, 2.05) is 0 Å². The van der Waals surface area contributed by atoms with E-state index >= 15 is 0 Å². The van der Waals surface area contributed by atoms with E-state index in [1.54, 1.807) is 0 Å². The van der Waals surface area contributed by atoms with Gasteiger partial charge in [0.15, 0.2) is 0 Å². The van der Waals surface area contributed by atoms with Crippen LogP contribution in [0, 0.1) is 0 Å². The fourth-order valence-electron chi connectivity index (χ4n) is 5.12. The van der Waals surface area contributed by atoms with Crippen molar-refractivity contribution in [1.29, 1.82) is 0 Å². The molecule has 0 aromatic heterocycles. The lowest BCUT2D eigenvalue weighted by Gasteiger charge is -2.37. The maximum absolute atomic E-state index is 5.64. The molecule has 3 aliphatic rings. The highest BCUT2D eigenvalue weighted by molar-refractivity contribution is 5.78. The van der Waals surface area contributed by atoms with Crippen LogP contribution in [0.1, 0.15) is 37.0 Å². The Morgan fingerprint density at radius 3 is 2.63 bits per heavy atom. The third-order valence-corrected chi connectivity index (χ3v) is 6.91. The molecule has 2 saturated heterocycles. The molecule has 0 bridgehead atoms. The topological polar surface area (TPSA) is 39.8 Å². The molecule has 3 heterocycles. The number of hydrogen-bond acceptors (Lipinski definition) is 5. The second-order valence-corrected chi connectivity index (χ2v) is 9.34. The van der Waals surface area contributed by atoms with Gasteiger partial charge >= 0.3 is 0 Å². The monoisotopic (exact) mass is 406 g/mol. The van der Waals surface area contributed by atoms with Gasteiger partial charge in [0, 0.05) is 74.9 Å². The predicted molar refractivity (Wildman–Crippen MR) is 124 cm³/mol. The molecule has 0 atom stereocenters. The van der Waals surface area contributed by atoms with Crippen molar-refractivity contribution in [2.45, 2.75) is 32.2 Å². The van der Waals surface area contributed by atoms with Crippen LogP contribution in [0.5, 0.6) is 0 Å². The van der Waals surface area contributed by atoms with Crippen LogP contribution in [0.25, 0.3) is 0 Å². The lowest BCUT2D eigenvalue weighted by molar-refractivity contribution is 0.152. The van der Waals surface area contributed by atoms with Crippen molar-refractivity contribution in [1.82, 2.24) is 10.2 Å². The van der Waals surface area contributed by atoms with E-state index in [-0.39, 0.29) is 5.41 Å². The summed E-state index contributed by atoms with van der Waals surface area (Å²) >= 11 is 0. The molecule has 5 heteroatoms. The number of hydrogen-bond donors (Lipinski definition) is 2. The van der Waals surface area contributed by atoms with E-state index in [1.165, 1.54) is 33.8 Å². The van der Waals surface area contributed by atoms with Crippen molar-refractivity contribution >= 4 is 17.1 Å². The third-order valence-electron chi connectivity index (χ3n) is 6.91. The van der Waals surface area contributed by atoms with Crippen LogP contribution in [-0.2, 0) is 16.7 Å². The number of nitrogens with zero attached hydrogens (tertiary/aromatic N) is 2. The molecule has 2 aromatic rings. The second-order valence-electron chi connectivity index (χ2n) is 9.34. The highest BCUT2D eigenvalue weighted by atomic mass is 16.5. The first-order valence-electron chi connectivity index (χ1n) is 11.4. The predicted octanol–water partition coefficient (Wildman–Crippen LogP) is 3.70. The summed E-state index contributed by atoms with van der Waals surface area (Å²) in [6, 6.07) is 14.0. The Labute approximate surface area is 180 Å². The molecule has 0 spiro atoms. The van der Waals surface area contributed by atoms with Crippen molar-refractivity contribution in [2.75, 3.05) is 62.7 Å². The van der Waals surface area contributed by atoms with Crippen molar-refractivity contribution < 1.29 is 4.74 Å². The van der Waals surface area contributed by atoms with Gasteiger partial charge in [-0.15, -0.1) is 0 Å². The van der Waals surface area contributed by atoms with Gasteiger partial charge in [0.1, 0.15) is 0 Å². The van der Waals surface area contributed by atoms with Gasteiger partial charge in [0.2, 0.25) is 0 Å². The highest BCUT2D eigenvalue weighted by Gasteiger charge is 2.33. The molecule has 0 amide bonds. The maximum Gasteiger partial charge on any atom is 0.0641 e. The van der Waals surface area contributed by atoms with Crippen LogP contribution in [0.2, 0.25) is 0 Å². The quantitative estimate of drug-likeness (QED) is 0.813. The fraction of sp³-hybridized carbons (Fsp3) is 0.520. The zero-order chi connectivity index (χ0) is 20.6. The van der Waals surface area contributed by atoms with E-state index in [4.69, 9.17) is 4.74 Å². The van der Waals surface area contributed by atoms with Crippen molar-refractivity contribution in [2.24, 2.45) is 0 Å². The van der Waals surface area contributed by atoms with Gasteiger partial charge in [-0.3, -0.25) is 4.90 Å². The molecule has 160 valence electrons. The average Bonchev–Trinajstić information content (AvgIpc) is 3.04. The Kier molecular flexibility index (Phi) is 5.44. The Bertz CT molecular complexity index is 896. The zero-order valence-corrected chi connectivity index (χ0v) is 18.3. The van der Waals surface area contributed by atoms with Crippen molar-refractivity contribution in [3.63, 3.8) is 0 Å². The summed E-state index contributed by atoms with van der Waals surface area (Å²) < 4.78 is 5.64. The summed E-state index contributed by atoms with van der Waals surface area (Å²) in [5.74, 6) is 0. The smallest absolute Gasteiger partial charge is 0.0641 e. The molecule has 5 nitrogen and oxygen atoms in total. The number of piperazine rings is 1. The van der Waals surface area contributed by atoms with Gasteiger partial charge < -0.3 is 20.3 Å².